The molecule has 0 aliphatic heterocycles. The zero-order valence-electron chi connectivity index (χ0n) is 8.77. The summed E-state index contributed by atoms with van der Waals surface area (Å²) in [6.07, 6.45) is 6.79. The summed E-state index contributed by atoms with van der Waals surface area (Å²) in [5.74, 6) is 0. The number of unbranched alkanes of at least 4 members (excludes halogenated alkanes) is 1. The third-order valence-corrected chi connectivity index (χ3v) is 2.83. The minimum atomic E-state index is -0.225. The molecular formula is C11H20N2. The monoisotopic (exact) mass is 180 g/mol. The van der Waals surface area contributed by atoms with Crippen molar-refractivity contribution in [3.63, 3.8) is 0 Å². The number of rotatable bonds is 6. The second-order valence-corrected chi connectivity index (χ2v) is 4.07. The predicted molar refractivity (Wildman–Crippen MR) is 54.3 cm³/mol. The van der Waals surface area contributed by atoms with E-state index >= 15 is 0 Å². The topological polar surface area (TPSA) is 35.8 Å². The van der Waals surface area contributed by atoms with Gasteiger partial charge in [0.05, 0.1) is 6.07 Å². The molecule has 0 aromatic heterocycles. The maximum absolute atomic E-state index is 9.17. The van der Waals surface area contributed by atoms with Crippen molar-refractivity contribution in [2.24, 2.45) is 0 Å². The highest BCUT2D eigenvalue weighted by molar-refractivity contribution is 5.09. The Morgan fingerprint density at radius 2 is 2.15 bits per heavy atom. The molecular weight excluding hydrogens is 160 g/mol. The normalized spacial score (nSPS) is 20.7. The molecule has 1 saturated carbocycles. The summed E-state index contributed by atoms with van der Waals surface area (Å²) in [5.41, 5.74) is -0.225. The van der Waals surface area contributed by atoms with Gasteiger partial charge >= 0.3 is 0 Å². The third kappa shape index (κ3) is 3.00. The van der Waals surface area contributed by atoms with Gasteiger partial charge in [-0.1, -0.05) is 26.7 Å². The molecule has 1 aliphatic carbocycles. The standard InChI is InChI=1S/C11H20N2/c1-3-5-8-11(4-2,9-12)13-10-6-7-10/h10,13H,3-8H2,1-2H3. The van der Waals surface area contributed by atoms with Crippen LogP contribution in [0.5, 0.6) is 0 Å². The molecule has 0 aromatic rings. The van der Waals surface area contributed by atoms with Gasteiger partial charge in [0.1, 0.15) is 5.54 Å². The van der Waals surface area contributed by atoms with Crippen LogP contribution in [0.1, 0.15) is 52.4 Å². The van der Waals surface area contributed by atoms with E-state index in [1.165, 1.54) is 19.3 Å². The highest BCUT2D eigenvalue weighted by Gasteiger charge is 2.34. The van der Waals surface area contributed by atoms with Crippen LogP contribution in [-0.2, 0) is 0 Å². The number of nitrogens with zero attached hydrogens (tertiary/aromatic N) is 1. The molecule has 0 bridgehead atoms. The van der Waals surface area contributed by atoms with Gasteiger partial charge in [-0.15, -0.1) is 0 Å². The van der Waals surface area contributed by atoms with E-state index in [2.05, 4.69) is 25.2 Å². The Bertz CT molecular complexity index is 191. The molecule has 1 fully saturated rings. The number of hydrogen-bond donors (Lipinski definition) is 1. The van der Waals surface area contributed by atoms with Crippen molar-refractivity contribution in [2.75, 3.05) is 0 Å². The largest absolute Gasteiger partial charge is 0.297 e. The first kappa shape index (κ1) is 10.5. The van der Waals surface area contributed by atoms with Gasteiger partial charge in [-0.2, -0.15) is 5.26 Å². The van der Waals surface area contributed by atoms with Crippen LogP contribution in [0, 0.1) is 11.3 Å². The molecule has 0 spiro atoms. The number of hydrogen-bond acceptors (Lipinski definition) is 2. The average molecular weight is 180 g/mol. The Hall–Kier alpha value is -0.550. The molecule has 0 aromatic carbocycles. The maximum Gasteiger partial charge on any atom is 0.106 e. The van der Waals surface area contributed by atoms with E-state index in [4.69, 9.17) is 5.26 Å². The molecule has 1 aliphatic rings. The molecule has 1 rings (SSSR count). The molecule has 0 radical (unpaired) electrons. The minimum absolute atomic E-state index is 0.225. The summed E-state index contributed by atoms with van der Waals surface area (Å²) in [4.78, 5) is 0. The van der Waals surface area contributed by atoms with Gasteiger partial charge in [-0.05, 0) is 25.7 Å². The Kier molecular flexibility index (Phi) is 3.74. The molecule has 74 valence electrons. The lowest BCUT2D eigenvalue weighted by Crippen LogP contribution is -2.44. The van der Waals surface area contributed by atoms with Crippen LogP contribution in [-0.4, -0.2) is 11.6 Å². The van der Waals surface area contributed by atoms with Gasteiger partial charge in [0.25, 0.3) is 0 Å². The van der Waals surface area contributed by atoms with Crippen LogP contribution in [0.15, 0.2) is 0 Å². The van der Waals surface area contributed by atoms with Gasteiger partial charge in [-0.25, -0.2) is 0 Å². The lowest BCUT2D eigenvalue weighted by Gasteiger charge is -2.26. The van der Waals surface area contributed by atoms with Crippen LogP contribution >= 0.6 is 0 Å². The van der Waals surface area contributed by atoms with Crippen molar-refractivity contribution in [3.8, 4) is 6.07 Å². The predicted octanol–water partition coefficient (Wildman–Crippen LogP) is 2.60. The Morgan fingerprint density at radius 3 is 2.54 bits per heavy atom. The highest BCUT2D eigenvalue weighted by Crippen LogP contribution is 2.26. The van der Waals surface area contributed by atoms with Gasteiger partial charge in [0.15, 0.2) is 0 Å². The Balaban J connectivity index is 2.44. The molecule has 1 N–H and O–H groups in total. The number of nitrogens with one attached hydrogen (secondary N) is 1. The third-order valence-electron chi connectivity index (χ3n) is 2.83. The van der Waals surface area contributed by atoms with Crippen molar-refractivity contribution in [2.45, 2.75) is 64.0 Å². The summed E-state index contributed by atoms with van der Waals surface area (Å²) in [7, 11) is 0. The van der Waals surface area contributed by atoms with E-state index in [1.807, 2.05) is 0 Å². The van der Waals surface area contributed by atoms with Crippen molar-refractivity contribution < 1.29 is 0 Å². The Morgan fingerprint density at radius 1 is 1.46 bits per heavy atom. The van der Waals surface area contributed by atoms with Crippen molar-refractivity contribution in [1.29, 1.82) is 5.26 Å². The highest BCUT2D eigenvalue weighted by atomic mass is 15.0. The van der Waals surface area contributed by atoms with Gasteiger partial charge in [-0.3, -0.25) is 5.32 Å². The van der Waals surface area contributed by atoms with Crippen molar-refractivity contribution in [1.82, 2.24) is 5.32 Å². The molecule has 0 saturated heterocycles. The summed E-state index contributed by atoms with van der Waals surface area (Å²) in [6.45, 7) is 4.28. The smallest absolute Gasteiger partial charge is 0.106 e. The molecule has 13 heavy (non-hydrogen) atoms. The molecule has 0 amide bonds. The molecule has 2 heteroatoms. The second kappa shape index (κ2) is 4.62. The zero-order chi connectivity index (χ0) is 9.73. The van der Waals surface area contributed by atoms with E-state index < -0.39 is 0 Å². The fraction of sp³-hybridized carbons (Fsp3) is 0.909. The summed E-state index contributed by atoms with van der Waals surface area (Å²) >= 11 is 0. The van der Waals surface area contributed by atoms with Crippen LogP contribution in [0.25, 0.3) is 0 Å². The van der Waals surface area contributed by atoms with Gasteiger partial charge < -0.3 is 0 Å². The lowest BCUT2D eigenvalue weighted by atomic mass is 9.91. The van der Waals surface area contributed by atoms with Crippen molar-refractivity contribution in [3.05, 3.63) is 0 Å². The van der Waals surface area contributed by atoms with E-state index in [1.54, 1.807) is 0 Å². The van der Waals surface area contributed by atoms with Gasteiger partial charge in [0.2, 0.25) is 0 Å². The van der Waals surface area contributed by atoms with E-state index in [-0.39, 0.29) is 5.54 Å². The quantitative estimate of drug-likeness (QED) is 0.682. The molecule has 2 nitrogen and oxygen atoms in total. The number of nitriles is 1. The summed E-state index contributed by atoms with van der Waals surface area (Å²) in [5, 5.41) is 12.6. The van der Waals surface area contributed by atoms with E-state index in [9.17, 15) is 0 Å². The minimum Gasteiger partial charge on any atom is -0.297 e. The van der Waals surface area contributed by atoms with E-state index in [0.29, 0.717) is 6.04 Å². The van der Waals surface area contributed by atoms with Crippen LogP contribution < -0.4 is 5.32 Å². The first-order chi connectivity index (χ1) is 6.26. The Labute approximate surface area is 81.3 Å². The van der Waals surface area contributed by atoms with Crippen LogP contribution in [0.2, 0.25) is 0 Å². The maximum atomic E-state index is 9.17. The SMILES string of the molecule is CCCCC(C#N)(CC)NC1CC1. The average Bonchev–Trinajstić information content (AvgIpc) is 2.96. The van der Waals surface area contributed by atoms with E-state index in [0.717, 1.165) is 19.3 Å². The first-order valence-corrected chi connectivity index (χ1v) is 5.45. The van der Waals surface area contributed by atoms with Crippen molar-refractivity contribution >= 4 is 0 Å². The summed E-state index contributed by atoms with van der Waals surface area (Å²) < 4.78 is 0. The fourth-order valence-electron chi connectivity index (χ4n) is 1.62. The fourth-order valence-corrected chi connectivity index (χ4v) is 1.62. The first-order valence-electron chi connectivity index (χ1n) is 5.45. The van der Waals surface area contributed by atoms with Crippen LogP contribution in [0.3, 0.4) is 0 Å². The van der Waals surface area contributed by atoms with Gasteiger partial charge in [0, 0.05) is 6.04 Å². The molecule has 0 heterocycles. The molecule has 1 unspecified atom stereocenters. The molecule has 1 atom stereocenters. The zero-order valence-corrected chi connectivity index (χ0v) is 8.77. The lowest BCUT2D eigenvalue weighted by molar-refractivity contribution is 0.359. The summed E-state index contributed by atoms with van der Waals surface area (Å²) in [6, 6.07) is 3.10. The van der Waals surface area contributed by atoms with Crippen LogP contribution in [0.4, 0.5) is 0 Å². The second-order valence-electron chi connectivity index (χ2n) is 4.07.